The third kappa shape index (κ3) is 7.00. The number of halogens is 1. The quantitative estimate of drug-likeness (QED) is 0.104. The number of thioether (sulfide) groups is 1. The average Bonchev–Trinajstić information content (AvgIpc) is 3.30. The second kappa shape index (κ2) is 12.5. The number of ether oxygens (including phenoxy) is 3. The summed E-state index contributed by atoms with van der Waals surface area (Å²) in [6.07, 6.45) is 1.61. The molecule has 1 aromatic heterocycles. The molecule has 0 saturated carbocycles. The maximum atomic E-state index is 12.4. The number of nitrogens with zero attached hydrogens (tertiary/aromatic N) is 4. The van der Waals surface area contributed by atoms with E-state index in [0.29, 0.717) is 47.9 Å². The predicted molar refractivity (Wildman–Crippen MR) is 153 cm³/mol. The second-order valence-electron chi connectivity index (χ2n) is 8.20. The van der Waals surface area contributed by atoms with Crippen LogP contribution in [0.1, 0.15) is 11.1 Å². The maximum Gasteiger partial charge on any atom is 0.264 e. The lowest BCUT2D eigenvalue weighted by molar-refractivity contribution is -0.113. The van der Waals surface area contributed by atoms with Gasteiger partial charge in [-0.25, -0.2) is 10.1 Å². The van der Waals surface area contributed by atoms with Gasteiger partial charge in [-0.1, -0.05) is 52.0 Å². The van der Waals surface area contributed by atoms with Crippen LogP contribution >= 0.6 is 27.7 Å². The number of benzene rings is 3. The molecule has 0 aliphatic carbocycles. The molecule has 0 unspecified atom stereocenters. The number of rotatable bonds is 10. The number of fused-ring (bicyclic) bond motifs is 1. The van der Waals surface area contributed by atoms with Gasteiger partial charge in [0.1, 0.15) is 25.6 Å². The van der Waals surface area contributed by atoms with Gasteiger partial charge in [-0.15, -0.1) is 10.2 Å². The van der Waals surface area contributed by atoms with Gasteiger partial charge in [0.05, 0.1) is 12.0 Å². The number of para-hydroxylation sites is 1. The number of carbonyl (C=O) groups is 1. The van der Waals surface area contributed by atoms with Crippen LogP contribution < -0.4 is 30.8 Å². The highest BCUT2D eigenvalue weighted by molar-refractivity contribution is 9.10. The van der Waals surface area contributed by atoms with E-state index in [2.05, 4.69) is 42.0 Å². The van der Waals surface area contributed by atoms with Gasteiger partial charge in [0.15, 0.2) is 11.5 Å². The van der Waals surface area contributed by atoms with Gasteiger partial charge in [0.25, 0.3) is 5.95 Å². The molecule has 0 spiro atoms. The van der Waals surface area contributed by atoms with Gasteiger partial charge >= 0.3 is 0 Å². The van der Waals surface area contributed by atoms with Crippen LogP contribution in [0, 0.1) is 0 Å². The number of nitrogen functional groups attached to an aromatic ring is 1. The highest BCUT2D eigenvalue weighted by Crippen LogP contribution is 2.32. The summed E-state index contributed by atoms with van der Waals surface area (Å²) in [4.78, 5) is 12.4. The lowest BCUT2D eigenvalue weighted by atomic mass is 10.2. The zero-order valence-electron chi connectivity index (χ0n) is 20.5. The molecular formula is C26H24BrN7O4S. The van der Waals surface area contributed by atoms with E-state index in [4.69, 9.17) is 20.1 Å². The molecule has 0 bridgehead atoms. The summed E-state index contributed by atoms with van der Waals surface area (Å²) in [5.41, 5.74) is 5.20. The Morgan fingerprint density at radius 3 is 2.82 bits per heavy atom. The Hall–Kier alpha value is -4.23. The molecule has 0 fully saturated rings. The van der Waals surface area contributed by atoms with Crippen molar-refractivity contribution in [2.24, 2.45) is 5.10 Å². The molecule has 13 heteroatoms. The van der Waals surface area contributed by atoms with E-state index in [0.717, 1.165) is 27.4 Å². The Balaban J connectivity index is 1.13. The van der Waals surface area contributed by atoms with Crippen LogP contribution in [0.5, 0.6) is 17.2 Å². The van der Waals surface area contributed by atoms with Crippen molar-refractivity contribution in [3.8, 4) is 17.2 Å². The first kappa shape index (κ1) is 26.4. The normalized spacial score (nSPS) is 12.3. The van der Waals surface area contributed by atoms with E-state index >= 15 is 0 Å². The van der Waals surface area contributed by atoms with Gasteiger partial charge in [0.2, 0.25) is 11.1 Å². The zero-order chi connectivity index (χ0) is 27.0. The summed E-state index contributed by atoms with van der Waals surface area (Å²) in [5, 5.41) is 15.4. The summed E-state index contributed by atoms with van der Waals surface area (Å²) in [6, 6.07) is 20.7. The van der Waals surface area contributed by atoms with Crippen LogP contribution in [0.4, 0.5) is 11.6 Å². The van der Waals surface area contributed by atoms with Gasteiger partial charge in [-0.3, -0.25) is 4.79 Å². The van der Waals surface area contributed by atoms with E-state index in [1.807, 2.05) is 48.5 Å². The van der Waals surface area contributed by atoms with Crippen molar-refractivity contribution in [1.29, 1.82) is 0 Å². The zero-order valence-corrected chi connectivity index (χ0v) is 22.9. The van der Waals surface area contributed by atoms with Gasteiger partial charge in [-0.2, -0.15) is 5.10 Å². The fourth-order valence-corrected chi connectivity index (χ4v) is 4.67. The topological polar surface area (TPSA) is 138 Å². The van der Waals surface area contributed by atoms with E-state index in [9.17, 15) is 4.79 Å². The van der Waals surface area contributed by atoms with E-state index in [1.54, 1.807) is 24.4 Å². The van der Waals surface area contributed by atoms with Crippen LogP contribution in [0.15, 0.2) is 81.5 Å². The van der Waals surface area contributed by atoms with Gasteiger partial charge in [0, 0.05) is 21.8 Å². The number of aromatic nitrogens is 3. The smallest absolute Gasteiger partial charge is 0.264 e. The first-order chi connectivity index (χ1) is 19.0. The number of anilines is 2. The van der Waals surface area contributed by atoms with Crippen molar-refractivity contribution < 1.29 is 19.0 Å². The van der Waals surface area contributed by atoms with Crippen LogP contribution in [0.25, 0.3) is 0 Å². The van der Waals surface area contributed by atoms with Gasteiger partial charge in [-0.05, 0) is 42.0 Å². The predicted octanol–water partition coefficient (Wildman–Crippen LogP) is 4.28. The number of nitrogens with one attached hydrogen (secondary N) is 2. The first-order valence-electron chi connectivity index (χ1n) is 11.8. The minimum absolute atomic E-state index is 0.0791. The molecule has 200 valence electrons. The van der Waals surface area contributed by atoms with Crippen molar-refractivity contribution in [2.75, 3.05) is 35.6 Å². The molecule has 1 aliphatic rings. The monoisotopic (exact) mass is 609 g/mol. The van der Waals surface area contributed by atoms with Crippen LogP contribution in [0.2, 0.25) is 0 Å². The number of amides is 1. The summed E-state index contributed by atoms with van der Waals surface area (Å²) in [5.74, 6) is 8.10. The molecule has 11 nitrogen and oxygen atoms in total. The van der Waals surface area contributed by atoms with Crippen molar-refractivity contribution in [3.05, 3.63) is 82.3 Å². The third-order valence-corrected chi connectivity index (χ3v) is 6.83. The molecule has 0 radical (unpaired) electrons. The van der Waals surface area contributed by atoms with Crippen LogP contribution in [0.3, 0.4) is 0 Å². The standard InChI is InChI=1S/C26H24BrN7O4S/c27-19-6-3-4-17(12-19)15-38-21-7-2-1-5-18(21)14-29-31-25-32-33-26(34(25)28)39-16-24(35)30-20-8-9-22-23(13-20)37-11-10-36-22/h1-9,12-14H,10-11,15-16,28H2,(H,30,35)(H,31,32)/b29-14+. The molecule has 0 atom stereocenters. The van der Waals surface area contributed by atoms with Crippen molar-refractivity contribution >= 4 is 51.4 Å². The maximum absolute atomic E-state index is 12.4. The SMILES string of the molecule is Nn1c(N/N=C/c2ccccc2OCc2cccc(Br)c2)nnc1SCC(=O)Nc1ccc2c(c1)OCCO2. The Labute approximate surface area is 236 Å². The minimum Gasteiger partial charge on any atom is -0.488 e. The molecule has 1 aliphatic heterocycles. The molecular weight excluding hydrogens is 586 g/mol. The number of nitrogens with two attached hydrogens (primary N) is 1. The number of hydrazone groups is 1. The molecule has 39 heavy (non-hydrogen) atoms. The number of hydrogen-bond acceptors (Lipinski definition) is 10. The molecule has 0 saturated heterocycles. The van der Waals surface area contributed by atoms with Crippen LogP contribution in [-0.4, -0.2) is 46.0 Å². The minimum atomic E-state index is -0.230. The number of hydrogen-bond donors (Lipinski definition) is 3. The van der Waals surface area contributed by atoms with E-state index < -0.39 is 0 Å². The van der Waals surface area contributed by atoms with Crippen molar-refractivity contribution in [1.82, 2.24) is 14.9 Å². The first-order valence-corrected chi connectivity index (χ1v) is 13.6. The van der Waals surface area contributed by atoms with Crippen molar-refractivity contribution in [2.45, 2.75) is 11.8 Å². The average molecular weight is 610 g/mol. The highest BCUT2D eigenvalue weighted by atomic mass is 79.9. The van der Waals surface area contributed by atoms with Gasteiger partial charge < -0.3 is 25.4 Å². The largest absolute Gasteiger partial charge is 0.488 e. The fourth-order valence-electron chi connectivity index (χ4n) is 3.57. The lowest BCUT2D eigenvalue weighted by Gasteiger charge is -2.18. The molecule has 3 aromatic carbocycles. The molecule has 2 heterocycles. The lowest BCUT2D eigenvalue weighted by Crippen LogP contribution is -2.18. The van der Waals surface area contributed by atoms with Crippen molar-refractivity contribution in [3.63, 3.8) is 0 Å². The summed E-state index contributed by atoms with van der Waals surface area (Å²) >= 11 is 4.61. The van der Waals surface area contributed by atoms with E-state index in [1.165, 1.54) is 4.68 Å². The summed E-state index contributed by atoms with van der Waals surface area (Å²) in [6.45, 7) is 1.39. The summed E-state index contributed by atoms with van der Waals surface area (Å²) in [7, 11) is 0. The second-order valence-corrected chi connectivity index (χ2v) is 10.1. The number of carbonyl (C=O) groups excluding carboxylic acids is 1. The molecule has 5 rings (SSSR count). The Kier molecular flexibility index (Phi) is 8.48. The Morgan fingerprint density at radius 2 is 1.95 bits per heavy atom. The summed E-state index contributed by atoms with van der Waals surface area (Å²) < 4.78 is 19.2. The Morgan fingerprint density at radius 1 is 1.10 bits per heavy atom. The van der Waals surface area contributed by atoms with Crippen LogP contribution in [-0.2, 0) is 11.4 Å². The molecule has 4 aromatic rings. The molecule has 4 N–H and O–H groups in total. The van der Waals surface area contributed by atoms with E-state index in [-0.39, 0.29) is 17.6 Å². The third-order valence-electron chi connectivity index (χ3n) is 5.39. The fraction of sp³-hybridized carbons (Fsp3) is 0.154. The Bertz CT molecular complexity index is 1500. The molecule has 1 amide bonds. The highest BCUT2D eigenvalue weighted by Gasteiger charge is 2.15.